The number of nitrogens with zero attached hydrogens (tertiary/aromatic N) is 1. The number of aliphatic hydroxyl groups is 1. The standard InChI is InChI=1S/C14H24N2O3/c1-2-18-9-10-19-12-14(17)11-16-8-5-13-3-6-15-7-4-13/h3-4,6-7,14,16-17H,2,5,8-12H2,1H3. The van der Waals surface area contributed by atoms with Gasteiger partial charge in [-0.3, -0.25) is 4.98 Å². The first-order chi connectivity index (χ1) is 9.33. The Balaban J connectivity index is 1.94. The van der Waals surface area contributed by atoms with E-state index in [1.165, 1.54) is 5.56 Å². The van der Waals surface area contributed by atoms with E-state index in [9.17, 15) is 5.11 Å². The average Bonchev–Trinajstić information content (AvgIpc) is 2.44. The van der Waals surface area contributed by atoms with Gasteiger partial charge in [-0.1, -0.05) is 0 Å². The SMILES string of the molecule is CCOCCOCC(O)CNCCc1ccncc1. The van der Waals surface area contributed by atoms with Gasteiger partial charge in [-0.2, -0.15) is 0 Å². The molecule has 1 aromatic rings. The first-order valence-corrected chi connectivity index (χ1v) is 6.76. The number of rotatable bonds is 11. The molecule has 0 aliphatic carbocycles. The second-order valence-corrected chi connectivity index (χ2v) is 4.24. The summed E-state index contributed by atoms with van der Waals surface area (Å²) in [6, 6.07) is 3.99. The Kier molecular flexibility index (Phi) is 9.18. The largest absolute Gasteiger partial charge is 0.389 e. The molecule has 1 aromatic heterocycles. The fourth-order valence-corrected chi connectivity index (χ4v) is 1.59. The van der Waals surface area contributed by atoms with E-state index in [1.807, 2.05) is 19.1 Å². The zero-order chi connectivity index (χ0) is 13.8. The van der Waals surface area contributed by atoms with Crippen molar-refractivity contribution in [3.8, 4) is 0 Å². The number of aromatic nitrogens is 1. The van der Waals surface area contributed by atoms with Gasteiger partial charge in [-0.05, 0) is 37.6 Å². The summed E-state index contributed by atoms with van der Waals surface area (Å²) in [5.41, 5.74) is 1.24. The van der Waals surface area contributed by atoms with Crippen molar-refractivity contribution in [1.82, 2.24) is 10.3 Å². The van der Waals surface area contributed by atoms with Gasteiger partial charge in [0.1, 0.15) is 0 Å². The van der Waals surface area contributed by atoms with E-state index in [2.05, 4.69) is 10.3 Å². The lowest BCUT2D eigenvalue weighted by Crippen LogP contribution is -2.32. The van der Waals surface area contributed by atoms with Crippen molar-refractivity contribution in [1.29, 1.82) is 0 Å². The lowest BCUT2D eigenvalue weighted by molar-refractivity contribution is 0.00659. The van der Waals surface area contributed by atoms with Crippen LogP contribution in [0.1, 0.15) is 12.5 Å². The van der Waals surface area contributed by atoms with Gasteiger partial charge in [0, 0.05) is 25.5 Å². The molecule has 108 valence electrons. The number of hydrogen-bond donors (Lipinski definition) is 2. The number of ether oxygens (including phenoxy) is 2. The molecule has 1 rings (SSSR count). The van der Waals surface area contributed by atoms with E-state index in [0.717, 1.165) is 13.0 Å². The van der Waals surface area contributed by atoms with E-state index in [0.29, 0.717) is 33.0 Å². The summed E-state index contributed by atoms with van der Waals surface area (Å²) in [5, 5.41) is 12.9. The van der Waals surface area contributed by atoms with Crippen molar-refractivity contribution in [2.75, 3.05) is 39.5 Å². The smallest absolute Gasteiger partial charge is 0.0897 e. The van der Waals surface area contributed by atoms with Crippen LogP contribution >= 0.6 is 0 Å². The minimum atomic E-state index is -0.473. The van der Waals surface area contributed by atoms with Gasteiger partial charge in [-0.25, -0.2) is 0 Å². The van der Waals surface area contributed by atoms with Gasteiger partial charge >= 0.3 is 0 Å². The Labute approximate surface area is 115 Å². The molecule has 1 heterocycles. The number of hydrogen-bond acceptors (Lipinski definition) is 5. The maximum absolute atomic E-state index is 9.66. The predicted molar refractivity (Wildman–Crippen MR) is 74.1 cm³/mol. The van der Waals surface area contributed by atoms with Crippen LogP contribution in [0.4, 0.5) is 0 Å². The van der Waals surface area contributed by atoms with Crippen LogP contribution in [0.3, 0.4) is 0 Å². The highest BCUT2D eigenvalue weighted by Crippen LogP contribution is 1.96. The molecule has 1 unspecified atom stereocenters. The molecule has 0 amide bonds. The molecule has 0 fully saturated rings. The first kappa shape index (κ1) is 16.0. The Morgan fingerprint density at radius 2 is 2.00 bits per heavy atom. The summed E-state index contributed by atoms with van der Waals surface area (Å²) in [6.07, 6.45) is 4.03. The molecule has 0 aliphatic heterocycles. The molecule has 19 heavy (non-hydrogen) atoms. The third-order valence-electron chi connectivity index (χ3n) is 2.61. The molecule has 0 bridgehead atoms. The van der Waals surface area contributed by atoms with E-state index >= 15 is 0 Å². The molecule has 0 aromatic carbocycles. The molecule has 0 radical (unpaired) electrons. The third-order valence-corrected chi connectivity index (χ3v) is 2.61. The zero-order valence-corrected chi connectivity index (χ0v) is 11.5. The van der Waals surface area contributed by atoms with Crippen molar-refractivity contribution in [2.24, 2.45) is 0 Å². The molecule has 5 heteroatoms. The van der Waals surface area contributed by atoms with Crippen molar-refractivity contribution < 1.29 is 14.6 Å². The molecule has 0 spiro atoms. The lowest BCUT2D eigenvalue weighted by atomic mass is 10.2. The molecule has 1 atom stereocenters. The molecule has 0 saturated carbocycles. The van der Waals surface area contributed by atoms with Crippen LogP contribution in [0.15, 0.2) is 24.5 Å². The first-order valence-electron chi connectivity index (χ1n) is 6.76. The van der Waals surface area contributed by atoms with E-state index < -0.39 is 6.10 Å². The second-order valence-electron chi connectivity index (χ2n) is 4.24. The Bertz CT molecular complexity index is 309. The van der Waals surface area contributed by atoms with Gasteiger partial charge in [-0.15, -0.1) is 0 Å². The monoisotopic (exact) mass is 268 g/mol. The maximum Gasteiger partial charge on any atom is 0.0897 e. The van der Waals surface area contributed by atoms with Crippen LogP contribution < -0.4 is 5.32 Å². The van der Waals surface area contributed by atoms with Gasteiger partial charge < -0.3 is 19.9 Å². The zero-order valence-electron chi connectivity index (χ0n) is 11.5. The van der Waals surface area contributed by atoms with Crippen LogP contribution in [0.25, 0.3) is 0 Å². The number of pyridine rings is 1. The third kappa shape index (κ3) is 8.67. The van der Waals surface area contributed by atoms with E-state index in [4.69, 9.17) is 9.47 Å². The predicted octanol–water partition coefficient (Wildman–Crippen LogP) is 0.628. The topological polar surface area (TPSA) is 63.6 Å². The molecule has 0 saturated heterocycles. The van der Waals surface area contributed by atoms with Crippen LogP contribution in [0.5, 0.6) is 0 Å². The second kappa shape index (κ2) is 10.9. The van der Waals surface area contributed by atoms with Crippen LogP contribution in [0, 0.1) is 0 Å². The highest BCUT2D eigenvalue weighted by atomic mass is 16.5. The highest BCUT2D eigenvalue weighted by Gasteiger charge is 2.03. The van der Waals surface area contributed by atoms with Crippen molar-refractivity contribution in [3.63, 3.8) is 0 Å². The summed E-state index contributed by atoms with van der Waals surface area (Å²) < 4.78 is 10.4. The summed E-state index contributed by atoms with van der Waals surface area (Å²) in [6.45, 7) is 5.47. The highest BCUT2D eigenvalue weighted by molar-refractivity contribution is 5.09. The van der Waals surface area contributed by atoms with Crippen molar-refractivity contribution in [2.45, 2.75) is 19.4 Å². The minimum Gasteiger partial charge on any atom is -0.389 e. The molecular formula is C14H24N2O3. The lowest BCUT2D eigenvalue weighted by Gasteiger charge is -2.12. The summed E-state index contributed by atoms with van der Waals surface area (Å²) in [7, 11) is 0. The molecule has 2 N–H and O–H groups in total. The van der Waals surface area contributed by atoms with Crippen molar-refractivity contribution >= 4 is 0 Å². The van der Waals surface area contributed by atoms with E-state index in [-0.39, 0.29) is 0 Å². The number of nitrogens with one attached hydrogen (secondary N) is 1. The van der Waals surface area contributed by atoms with Gasteiger partial charge in [0.05, 0.1) is 25.9 Å². The fourth-order valence-electron chi connectivity index (χ4n) is 1.59. The van der Waals surface area contributed by atoms with E-state index in [1.54, 1.807) is 12.4 Å². The summed E-state index contributed by atoms with van der Waals surface area (Å²) in [4.78, 5) is 3.97. The maximum atomic E-state index is 9.66. The normalized spacial score (nSPS) is 12.5. The Hall–Kier alpha value is -1.01. The Morgan fingerprint density at radius 3 is 2.74 bits per heavy atom. The quantitative estimate of drug-likeness (QED) is 0.576. The average molecular weight is 268 g/mol. The molecular weight excluding hydrogens is 244 g/mol. The van der Waals surface area contributed by atoms with Crippen LogP contribution in [-0.2, 0) is 15.9 Å². The fraction of sp³-hybridized carbons (Fsp3) is 0.643. The molecule has 5 nitrogen and oxygen atoms in total. The minimum absolute atomic E-state index is 0.343. The number of aliphatic hydroxyl groups excluding tert-OH is 1. The Morgan fingerprint density at radius 1 is 1.26 bits per heavy atom. The summed E-state index contributed by atoms with van der Waals surface area (Å²) in [5.74, 6) is 0. The van der Waals surface area contributed by atoms with Gasteiger partial charge in [0.25, 0.3) is 0 Å². The van der Waals surface area contributed by atoms with Gasteiger partial charge in [0.15, 0.2) is 0 Å². The molecule has 0 aliphatic rings. The van der Waals surface area contributed by atoms with Crippen LogP contribution in [0.2, 0.25) is 0 Å². The van der Waals surface area contributed by atoms with Crippen LogP contribution in [-0.4, -0.2) is 55.7 Å². The van der Waals surface area contributed by atoms with Gasteiger partial charge in [0.2, 0.25) is 0 Å². The van der Waals surface area contributed by atoms with Crippen molar-refractivity contribution in [3.05, 3.63) is 30.1 Å². The summed E-state index contributed by atoms with van der Waals surface area (Å²) >= 11 is 0.